The molecule has 4 aromatic rings. The first kappa shape index (κ1) is 17.7. The van der Waals surface area contributed by atoms with E-state index >= 15 is 0 Å². The van der Waals surface area contributed by atoms with Gasteiger partial charge >= 0.3 is 5.69 Å². The van der Waals surface area contributed by atoms with Crippen LogP contribution in [0.4, 0.5) is 0 Å². The van der Waals surface area contributed by atoms with E-state index in [1.807, 2.05) is 18.2 Å². The van der Waals surface area contributed by atoms with Crippen LogP contribution in [0, 0.1) is 0 Å². The average Bonchev–Trinajstić information content (AvgIpc) is 3.45. The Bertz CT molecular complexity index is 1310. The van der Waals surface area contributed by atoms with E-state index in [1.165, 1.54) is 10.8 Å². The third-order valence-electron chi connectivity index (χ3n) is 5.79. The van der Waals surface area contributed by atoms with Crippen LogP contribution in [0.5, 0.6) is 5.75 Å². The number of rotatable bonds is 4. The Balaban J connectivity index is 1.90. The summed E-state index contributed by atoms with van der Waals surface area (Å²) < 4.78 is 13.9. The van der Waals surface area contributed by atoms with Crippen molar-refractivity contribution >= 4 is 21.8 Å². The van der Waals surface area contributed by atoms with Crippen molar-refractivity contribution in [3.63, 3.8) is 0 Å². The lowest BCUT2D eigenvalue weighted by atomic mass is 10.1. The van der Waals surface area contributed by atoms with Gasteiger partial charge in [-0.05, 0) is 31.0 Å². The molecule has 148 valence electrons. The summed E-state index contributed by atoms with van der Waals surface area (Å²) >= 11 is 0. The zero-order chi connectivity index (χ0) is 20.0. The zero-order valence-corrected chi connectivity index (χ0v) is 16.1. The lowest BCUT2D eigenvalue weighted by molar-refractivity contribution is 0.419. The van der Waals surface area contributed by atoms with E-state index in [0.29, 0.717) is 27.9 Å². The Hall–Kier alpha value is -3.35. The Morgan fingerprint density at radius 3 is 2.69 bits per heavy atom. The molecule has 0 N–H and O–H groups in total. The second kappa shape index (κ2) is 6.92. The Morgan fingerprint density at radius 1 is 1.14 bits per heavy atom. The molecule has 0 radical (unpaired) electrons. The molecule has 1 aliphatic rings. The van der Waals surface area contributed by atoms with Gasteiger partial charge in [0.2, 0.25) is 0 Å². The van der Waals surface area contributed by atoms with Crippen molar-refractivity contribution in [3.05, 3.63) is 69.4 Å². The highest BCUT2D eigenvalue weighted by molar-refractivity contribution is 6.04. The second-order valence-corrected chi connectivity index (χ2v) is 7.44. The number of hydrogen-bond acceptors (Lipinski definition) is 5. The van der Waals surface area contributed by atoms with Gasteiger partial charge in [-0.3, -0.25) is 18.9 Å². The van der Waals surface area contributed by atoms with Gasteiger partial charge in [0, 0.05) is 17.6 Å². The number of ether oxygens (including phenoxy) is 1. The summed E-state index contributed by atoms with van der Waals surface area (Å²) in [5, 5.41) is 1.19. The van der Waals surface area contributed by atoms with Crippen molar-refractivity contribution in [3.8, 4) is 5.75 Å². The molecule has 0 unspecified atom stereocenters. The first-order valence-corrected chi connectivity index (χ1v) is 9.82. The number of furan rings is 1. The first-order valence-electron chi connectivity index (χ1n) is 9.82. The molecular weight excluding hydrogens is 370 g/mol. The predicted octanol–water partition coefficient (Wildman–Crippen LogP) is 3.48. The third-order valence-corrected chi connectivity index (χ3v) is 5.79. The van der Waals surface area contributed by atoms with Crippen LogP contribution < -0.4 is 16.0 Å². The van der Waals surface area contributed by atoms with Crippen LogP contribution in [-0.2, 0) is 6.54 Å². The highest BCUT2D eigenvalue weighted by Crippen LogP contribution is 2.34. The summed E-state index contributed by atoms with van der Waals surface area (Å²) in [4.78, 5) is 31.3. The first-order chi connectivity index (χ1) is 14.2. The van der Waals surface area contributed by atoms with Crippen molar-refractivity contribution in [2.24, 2.45) is 0 Å². The van der Waals surface area contributed by atoms with Crippen LogP contribution in [0.2, 0.25) is 0 Å². The van der Waals surface area contributed by atoms with Gasteiger partial charge in [0.25, 0.3) is 5.56 Å². The second-order valence-electron chi connectivity index (χ2n) is 7.44. The van der Waals surface area contributed by atoms with Gasteiger partial charge in [-0.2, -0.15) is 0 Å². The lowest BCUT2D eigenvalue weighted by Crippen LogP contribution is -2.41. The predicted molar refractivity (Wildman–Crippen MR) is 110 cm³/mol. The van der Waals surface area contributed by atoms with Crippen molar-refractivity contribution in [1.82, 2.24) is 14.1 Å². The highest BCUT2D eigenvalue weighted by Gasteiger charge is 2.25. The van der Waals surface area contributed by atoms with Gasteiger partial charge in [-0.1, -0.05) is 25.0 Å². The summed E-state index contributed by atoms with van der Waals surface area (Å²) in [7, 11) is 1.59. The van der Waals surface area contributed by atoms with Crippen LogP contribution in [0.3, 0.4) is 0 Å². The molecule has 1 aliphatic carbocycles. The van der Waals surface area contributed by atoms with Gasteiger partial charge in [-0.15, -0.1) is 0 Å². The van der Waals surface area contributed by atoms with Gasteiger partial charge in [0.05, 0.1) is 30.8 Å². The van der Waals surface area contributed by atoms with Crippen LogP contribution >= 0.6 is 0 Å². The van der Waals surface area contributed by atoms with E-state index in [1.54, 1.807) is 30.0 Å². The average molecular weight is 391 g/mol. The van der Waals surface area contributed by atoms with Gasteiger partial charge < -0.3 is 9.15 Å². The molecule has 0 atom stereocenters. The van der Waals surface area contributed by atoms with E-state index in [2.05, 4.69) is 4.98 Å². The maximum atomic E-state index is 13.5. The summed E-state index contributed by atoms with van der Waals surface area (Å²) in [5.41, 5.74) is 0.636. The molecule has 0 spiro atoms. The minimum Gasteiger partial charge on any atom is -0.494 e. The maximum Gasteiger partial charge on any atom is 0.332 e. The van der Waals surface area contributed by atoms with Crippen LogP contribution in [-0.4, -0.2) is 21.2 Å². The lowest BCUT2D eigenvalue weighted by Gasteiger charge is -2.20. The van der Waals surface area contributed by atoms with Crippen LogP contribution in [0.1, 0.15) is 37.5 Å². The molecule has 0 aliphatic heterocycles. The third kappa shape index (κ3) is 2.76. The molecule has 0 bridgehead atoms. The molecule has 0 amide bonds. The molecule has 0 saturated heterocycles. The van der Waals surface area contributed by atoms with Crippen molar-refractivity contribution in [2.75, 3.05) is 7.11 Å². The van der Waals surface area contributed by atoms with E-state index < -0.39 is 0 Å². The molecular formula is C22H21N3O4. The molecule has 3 heterocycles. The molecule has 7 nitrogen and oxygen atoms in total. The fourth-order valence-electron chi connectivity index (χ4n) is 4.42. The van der Waals surface area contributed by atoms with Gasteiger partial charge in [0.1, 0.15) is 17.0 Å². The molecule has 7 heteroatoms. The van der Waals surface area contributed by atoms with Crippen LogP contribution in [0.15, 0.2) is 56.8 Å². The topological polar surface area (TPSA) is 79.3 Å². The fourth-order valence-corrected chi connectivity index (χ4v) is 4.42. The van der Waals surface area contributed by atoms with E-state index in [9.17, 15) is 9.59 Å². The van der Waals surface area contributed by atoms with E-state index in [-0.39, 0.29) is 23.8 Å². The van der Waals surface area contributed by atoms with Gasteiger partial charge in [-0.25, -0.2) is 4.79 Å². The van der Waals surface area contributed by atoms with Crippen LogP contribution in [0.25, 0.3) is 21.8 Å². The van der Waals surface area contributed by atoms with E-state index in [0.717, 1.165) is 31.1 Å². The summed E-state index contributed by atoms with van der Waals surface area (Å²) in [6.45, 7) is 0.101. The molecule has 3 aromatic heterocycles. The number of pyridine rings is 1. The summed E-state index contributed by atoms with van der Waals surface area (Å²) in [6.07, 6.45) is 7.08. The largest absolute Gasteiger partial charge is 0.494 e. The van der Waals surface area contributed by atoms with E-state index in [4.69, 9.17) is 9.15 Å². The van der Waals surface area contributed by atoms with Gasteiger partial charge in [0.15, 0.2) is 0 Å². The minimum atomic E-state index is -0.354. The number of para-hydroxylation sites is 1. The fraction of sp³-hybridized carbons (Fsp3) is 0.318. The smallest absolute Gasteiger partial charge is 0.332 e. The number of nitrogens with zero attached hydrogens (tertiary/aromatic N) is 3. The SMILES string of the molecule is COc1cccc2c1ncc1c(=O)n(Cc3ccco3)c(=O)n(C3CCCC3)c12. The molecule has 29 heavy (non-hydrogen) atoms. The number of hydrogen-bond donors (Lipinski definition) is 0. The summed E-state index contributed by atoms with van der Waals surface area (Å²) in [5.74, 6) is 1.19. The Morgan fingerprint density at radius 2 is 1.97 bits per heavy atom. The maximum absolute atomic E-state index is 13.5. The number of fused-ring (bicyclic) bond motifs is 3. The molecule has 5 rings (SSSR count). The summed E-state index contributed by atoms with van der Waals surface area (Å²) in [6, 6.07) is 9.16. The molecule has 1 saturated carbocycles. The number of methoxy groups -OCH3 is 1. The normalized spacial score (nSPS) is 14.8. The zero-order valence-electron chi connectivity index (χ0n) is 16.1. The van der Waals surface area contributed by atoms with Crippen molar-refractivity contribution < 1.29 is 9.15 Å². The highest BCUT2D eigenvalue weighted by atomic mass is 16.5. The number of aromatic nitrogens is 3. The van der Waals surface area contributed by atoms with Crippen molar-refractivity contribution in [1.29, 1.82) is 0 Å². The standard InChI is InChI=1S/C22H21N3O4/c1-28-18-10-4-9-16-19(18)23-12-17-20(16)25(14-6-2-3-7-14)22(27)24(21(17)26)13-15-8-5-11-29-15/h4-5,8-12,14H,2-3,6-7,13H2,1H3. The quantitative estimate of drug-likeness (QED) is 0.498. The monoisotopic (exact) mass is 391 g/mol. The Kier molecular flexibility index (Phi) is 4.23. The Labute approximate surface area is 166 Å². The van der Waals surface area contributed by atoms with Crippen molar-refractivity contribution in [2.45, 2.75) is 38.3 Å². The number of benzene rings is 1. The molecule has 1 fully saturated rings. The molecule has 1 aromatic carbocycles. The minimum absolute atomic E-state index is 0.0604.